The van der Waals surface area contributed by atoms with Crippen LogP contribution < -0.4 is 27.0 Å². The number of benzene rings is 1. The first-order valence-electron chi connectivity index (χ1n) is 11.9. The number of nitrogens with zero attached hydrogens (tertiary/aromatic N) is 3. The van der Waals surface area contributed by atoms with Gasteiger partial charge in [0.2, 0.25) is 17.4 Å². The Morgan fingerprint density at radius 3 is 2.55 bits per heavy atom. The van der Waals surface area contributed by atoms with E-state index in [9.17, 15) is 34.1 Å². The maximum Gasteiger partial charge on any atom is 0.353 e. The van der Waals surface area contributed by atoms with Gasteiger partial charge in [0, 0.05) is 24.1 Å². The summed E-state index contributed by atoms with van der Waals surface area (Å²) >= 11 is 6.45. The molecule has 0 aliphatic carbocycles. The molecule has 0 unspecified atom stereocenters. The Bertz CT molecular complexity index is 1410. The number of thiazole rings is 1. The van der Waals surface area contributed by atoms with Crippen LogP contribution in [-0.4, -0.2) is 75.5 Å². The molecule has 1 aromatic heterocycles. The van der Waals surface area contributed by atoms with Crippen LogP contribution in [0.15, 0.2) is 34.8 Å². The number of rotatable bonds is 13. The summed E-state index contributed by atoms with van der Waals surface area (Å²) in [5.74, 6) is -3.23. The molecule has 1 aromatic carbocycles. The largest absolute Gasteiger partial charge is 0.458 e. The van der Waals surface area contributed by atoms with Crippen molar-refractivity contribution in [1.82, 2.24) is 20.9 Å². The Kier molecular flexibility index (Phi) is 10.3. The van der Waals surface area contributed by atoms with Gasteiger partial charge in [-0.1, -0.05) is 5.16 Å². The van der Waals surface area contributed by atoms with Crippen LogP contribution >= 0.6 is 22.9 Å². The molecule has 1 fully saturated rings. The lowest BCUT2D eigenvalue weighted by Crippen LogP contribution is -2.72. The number of non-ortho nitro benzene ring substituents is 1. The Hall–Kier alpha value is -4.84. The molecular weight excluding hydrogens is 600 g/mol. The molecule has 1 aliphatic heterocycles. The van der Waals surface area contributed by atoms with Crippen molar-refractivity contribution in [2.75, 3.05) is 17.7 Å². The summed E-state index contributed by atoms with van der Waals surface area (Å²) in [6, 6.07) is 2.80. The number of urea groups is 1. The number of halogens is 1. The fraction of sp³-hybridized carbons (Fsp3) is 0.348. The third-order valence-corrected chi connectivity index (χ3v) is 6.50. The van der Waals surface area contributed by atoms with Gasteiger partial charge in [-0.25, -0.2) is 14.6 Å². The molecule has 1 saturated heterocycles. The highest BCUT2D eigenvalue weighted by Crippen LogP contribution is 2.20. The van der Waals surface area contributed by atoms with E-state index in [1.54, 1.807) is 0 Å². The second-order valence-electron chi connectivity index (χ2n) is 9.07. The van der Waals surface area contributed by atoms with Crippen molar-refractivity contribution >= 4 is 69.2 Å². The van der Waals surface area contributed by atoms with Gasteiger partial charge in [0.1, 0.15) is 24.2 Å². The maximum atomic E-state index is 13.2. The van der Waals surface area contributed by atoms with Crippen molar-refractivity contribution in [2.24, 2.45) is 10.9 Å². The van der Waals surface area contributed by atoms with Gasteiger partial charge in [0.25, 0.3) is 11.6 Å². The standard InChI is InChI=1S/C23H25ClN8O9S/c1-23(2,20(36)40-9-11-3-5-12(6-4-11)32(38)39)41-31-17(14-10-42-22(28-14)29-15(33)7-24)19(35)30-16-13(27-18(16)34)8-26-21(25)37/h3-6,10,13,16H,7-9H2,1-2H3,(H,27,34)(H,30,35)(H3,25,26,37)(H,28,29,33)/b31-17-/t13-,16+/m1/s1. The second-order valence-corrected chi connectivity index (χ2v) is 10.2. The number of ether oxygens (including phenoxy) is 1. The number of aromatic nitrogens is 1. The van der Waals surface area contributed by atoms with Gasteiger partial charge in [-0.3, -0.25) is 24.5 Å². The Labute approximate surface area is 246 Å². The van der Waals surface area contributed by atoms with E-state index < -0.39 is 58.0 Å². The Balaban J connectivity index is 1.76. The molecule has 2 atom stereocenters. The summed E-state index contributed by atoms with van der Waals surface area (Å²) < 4.78 is 5.24. The van der Waals surface area contributed by atoms with E-state index >= 15 is 0 Å². The molecule has 0 spiro atoms. The first kappa shape index (κ1) is 31.7. The molecule has 6 N–H and O–H groups in total. The highest BCUT2D eigenvalue weighted by Gasteiger charge is 2.41. The third-order valence-electron chi connectivity index (χ3n) is 5.50. The van der Waals surface area contributed by atoms with Gasteiger partial charge in [-0.15, -0.1) is 22.9 Å². The molecular formula is C23H25ClN8O9S. The number of oxime groups is 1. The van der Waals surface area contributed by atoms with Gasteiger partial charge >= 0.3 is 12.0 Å². The first-order valence-corrected chi connectivity index (χ1v) is 13.3. The van der Waals surface area contributed by atoms with Crippen molar-refractivity contribution in [2.45, 2.75) is 38.1 Å². The van der Waals surface area contributed by atoms with Crippen LogP contribution in [0, 0.1) is 10.1 Å². The van der Waals surface area contributed by atoms with Crippen LogP contribution in [0.2, 0.25) is 0 Å². The van der Waals surface area contributed by atoms with Crippen molar-refractivity contribution in [1.29, 1.82) is 0 Å². The van der Waals surface area contributed by atoms with Gasteiger partial charge in [0.05, 0.1) is 11.0 Å². The number of nitro groups is 1. The molecule has 2 aromatic rings. The number of carbonyl (C=O) groups excluding carboxylic acids is 5. The van der Waals surface area contributed by atoms with Crippen LogP contribution in [0.4, 0.5) is 15.6 Å². The van der Waals surface area contributed by atoms with Gasteiger partial charge in [0.15, 0.2) is 10.8 Å². The number of carbonyl (C=O) groups is 5. The van der Waals surface area contributed by atoms with Crippen LogP contribution in [-0.2, 0) is 35.4 Å². The molecule has 17 nitrogen and oxygen atoms in total. The Morgan fingerprint density at radius 1 is 1.26 bits per heavy atom. The highest BCUT2D eigenvalue weighted by molar-refractivity contribution is 7.14. The molecule has 224 valence electrons. The number of amides is 5. The lowest BCUT2D eigenvalue weighted by molar-refractivity contribution is -0.384. The van der Waals surface area contributed by atoms with Gasteiger partial charge in [-0.05, 0) is 31.5 Å². The predicted molar refractivity (Wildman–Crippen MR) is 148 cm³/mol. The number of esters is 1. The molecule has 2 heterocycles. The number of nitrogens with one attached hydrogen (secondary N) is 4. The molecule has 0 saturated carbocycles. The zero-order chi connectivity index (χ0) is 31.0. The SMILES string of the molecule is CC(C)(O/N=C(\C(=O)N[C@@H]1C(=O)N[C@@H]1CNC(N)=O)c1csc(NC(=O)CCl)n1)C(=O)OCc1ccc([N+](=O)[O-])cc1. The van der Waals surface area contributed by atoms with Crippen molar-refractivity contribution in [3.63, 3.8) is 0 Å². The fourth-order valence-corrected chi connectivity index (χ4v) is 4.01. The van der Waals surface area contributed by atoms with Crippen molar-refractivity contribution in [3.05, 3.63) is 51.0 Å². The van der Waals surface area contributed by atoms with Gasteiger partial charge in [-0.2, -0.15) is 0 Å². The normalized spacial score (nSPS) is 16.4. The smallest absolute Gasteiger partial charge is 0.353 e. The number of hydrogen-bond acceptors (Lipinski definition) is 12. The number of nitro benzene ring substituents is 1. The molecule has 0 radical (unpaired) electrons. The monoisotopic (exact) mass is 624 g/mol. The van der Waals surface area contributed by atoms with Crippen molar-refractivity contribution in [3.8, 4) is 0 Å². The minimum Gasteiger partial charge on any atom is -0.458 e. The highest BCUT2D eigenvalue weighted by atomic mass is 35.5. The lowest BCUT2D eigenvalue weighted by atomic mass is 9.98. The van der Waals surface area contributed by atoms with Crippen LogP contribution in [0.3, 0.4) is 0 Å². The number of alkyl halides is 1. The topological polar surface area (TPSA) is 246 Å². The number of β-lactam (4-membered cyclic amide) rings is 1. The third kappa shape index (κ3) is 8.33. The number of hydrogen-bond donors (Lipinski definition) is 5. The summed E-state index contributed by atoms with van der Waals surface area (Å²) in [4.78, 5) is 80.4. The molecule has 1 aliphatic rings. The van der Waals surface area contributed by atoms with Crippen LogP contribution in [0.25, 0.3) is 0 Å². The molecule has 3 rings (SSSR count). The zero-order valence-corrected chi connectivity index (χ0v) is 23.6. The quantitative estimate of drug-likeness (QED) is 0.0503. The summed E-state index contributed by atoms with van der Waals surface area (Å²) in [7, 11) is 0. The second kappa shape index (κ2) is 13.7. The minimum absolute atomic E-state index is 0.0616. The van der Waals surface area contributed by atoms with E-state index in [1.807, 2.05) is 0 Å². The number of nitrogens with two attached hydrogens (primary N) is 1. The fourth-order valence-electron chi connectivity index (χ4n) is 3.23. The van der Waals surface area contributed by atoms with Crippen molar-refractivity contribution < 1.29 is 38.5 Å². The summed E-state index contributed by atoms with van der Waals surface area (Å²) in [5, 5.41) is 25.8. The lowest BCUT2D eigenvalue weighted by Gasteiger charge is -2.36. The molecule has 5 amide bonds. The first-order chi connectivity index (χ1) is 19.8. The number of primary amides is 1. The summed E-state index contributed by atoms with van der Waals surface area (Å²) in [6.45, 7) is 2.35. The average Bonchev–Trinajstić information content (AvgIpc) is 3.40. The Morgan fingerprint density at radius 2 is 1.95 bits per heavy atom. The van der Waals surface area contributed by atoms with E-state index in [4.69, 9.17) is 26.9 Å². The van der Waals surface area contributed by atoms with E-state index in [0.717, 1.165) is 11.3 Å². The summed E-state index contributed by atoms with van der Waals surface area (Å²) in [5.41, 5.74) is 3.15. The molecule has 0 bridgehead atoms. The average molecular weight is 625 g/mol. The van der Waals surface area contributed by atoms with E-state index in [2.05, 4.69) is 31.4 Å². The summed E-state index contributed by atoms with van der Waals surface area (Å²) in [6.07, 6.45) is 0. The molecule has 42 heavy (non-hydrogen) atoms. The zero-order valence-electron chi connectivity index (χ0n) is 22.0. The van der Waals surface area contributed by atoms with Crippen LogP contribution in [0.1, 0.15) is 25.1 Å². The van der Waals surface area contributed by atoms with E-state index in [-0.39, 0.29) is 35.5 Å². The van der Waals surface area contributed by atoms with E-state index in [1.165, 1.54) is 43.5 Å². The van der Waals surface area contributed by atoms with Crippen LogP contribution in [0.5, 0.6) is 0 Å². The van der Waals surface area contributed by atoms with Gasteiger partial charge < -0.3 is 36.6 Å². The number of anilines is 1. The minimum atomic E-state index is -1.74. The molecule has 19 heteroatoms. The maximum absolute atomic E-state index is 13.2. The van der Waals surface area contributed by atoms with E-state index in [0.29, 0.717) is 5.56 Å². The predicted octanol–water partition coefficient (Wildman–Crippen LogP) is 0.123.